The van der Waals surface area contributed by atoms with Gasteiger partial charge in [-0.3, -0.25) is 19.7 Å². The SMILES string of the molecule is CC(C)NC(=O)c1ccc(N2CCC(C(=O)c3ccc(Cl)cc3)CC2)c([N+](=O)[O-])c1. The van der Waals surface area contributed by atoms with Gasteiger partial charge in [0.2, 0.25) is 0 Å². The van der Waals surface area contributed by atoms with Crippen molar-refractivity contribution in [2.75, 3.05) is 18.0 Å². The average molecular weight is 430 g/mol. The Morgan fingerprint density at radius 1 is 1.10 bits per heavy atom. The Labute approximate surface area is 180 Å². The van der Waals surface area contributed by atoms with Gasteiger partial charge in [0.05, 0.1) is 4.92 Å². The van der Waals surface area contributed by atoms with Gasteiger partial charge < -0.3 is 10.2 Å². The molecule has 0 unspecified atom stereocenters. The first-order valence-electron chi connectivity index (χ1n) is 9.90. The van der Waals surface area contributed by atoms with E-state index in [0.717, 1.165) is 0 Å². The Kier molecular flexibility index (Phi) is 6.72. The first kappa shape index (κ1) is 21.8. The lowest BCUT2D eigenvalue weighted by atomic mass is 9.88. The number of hydrogen-bond donors (Lipinski definition) is 1. The van der Waals surface area contributed by atoms with E-state index >= 15 is 0 Å². The number of nitro groups is 1. The minimum absolute atomic E-state index is 0.0616. The molecule has 1 fully saturated rings. The average Bonchev–Trinajstić information content (AvgIpc) is 2.73. The summed E-state index contributed by atoms with van der Waals surface area (Å²) in [7, 11) is 0. The van der Waals surface area contributed by atoms with Crippen molar-refractivity contribution in [3.05, 3.63) is 68.7 Å². The molecule has 0 bridgehead atoms. The normalized spacial score (nSPS) is 14.6. The van der Waals surface area contributed by atoms with Gasteiger partial charge in [-0.25, -0.2) is 0 Å². The molecule has 0 aromatic heterocycles. The first-order valence-corrected chi connectivity index (χ1v) is 10.3. The summed E-state index contributed by atoms with van der Waals surface area (Å²) in [4.78, 5) is 38.0. The van der Waals surface area contributed by atoms with Gasteiger partial charge in [0, 0.05) is 47.3 Å². The van der Waals surface area contributed by atoms with Gasteiger partial charge in [-0.15, -0.1) is 0 Å². The zero-order chi connectivity index (χ0) is 21.8. The summed E-state index contributed by atoms with van der Waals surface area (Å²) in [5.41, 5.74) is 1.25. The Morgan fingerprint density at radius 3 is 2.27 bits per heavy atom. The molecular weight excluding hydrogens is 406 g/mol. The van der Waals surface area contributed by atoms with E-state index in [-0.39, 0.29) is 34.9 Å². The molecule has 1 heterocycles. The zero-order valence-corrected chi connectivity index (χ0v) is 17.7. The third-order valence-electron chi connectivity index (χ3n) is 5.19. The van der Waals surface area contributed by atoms with Crippen molar-refractivity contribution >= 4 is 34.7 Å². The van der Waals surface area contributed by atoms with Crippen LogP contribution < -0.4 is 10.2 Å². The summed E-state index contributed by atoms with van der Waals surface area (Å²) in [6.07, 6.45) is 1.21. The number of piperidine rings is 1. The molecule has 158 valence electrons. The number of carbonyl (C=O) groups is 2. The van der Waals surface area contributed by atoms with E-state index in [4.69, 9.17) is 11.6 Å². The Morgan fingerprint density at radius 2 is 1.70 bits per heavy atom. The van der Waals surface area contributed by atoms with Crippen molar-refractivity contribution < 1.29 is 14.5 Å². The first-order chi connectivity index (χ1) is 14.3. The molecule has 30 heavy (non-hydrogen) atoms. The van der Waals surface area contributed by atoms with Crippen LogP contribution in [0.4, 0.5) is 11.4 Å². The molecule has 2 aromatic rings. The fourth-order valence-electron chi connectivity index (χ4n) is 3.66. The lowest BCUT2D eigenvalue weighted by molar-refractivity contribution is -0.384. The molecule has 2 aromatic carbocycles. The second kappa shape index (κ2) is 9.26. The van der Waals surface area contributed by atoms with Crippen LogP contribution in [0.15, 0.2) is 42.5 Å². The van der Waals surface area contributed by atoms with Gasteiger partial charge in [0.25, 0.3) is 11.6 Å². The molecule has 1 amide bonds. The highest BCUT2D eigenvalue weighted by Gasteiger charge is 2.29. The predicted octanol–water partition coefficient (Wildman–Crippen LogP) is 4.49. The smallest absolute Gasteiger partial charge is 0.293 e. The largest absolute Gasteiger partial charge is 0.366 e. The van der Waals surface area contributed by atoms with E-state index in [0.29, 0.717) is 42.2 Å². The molecule has 0 atom stereocenters. The van der Waals surface area contributed by atoms with Crippen LogP contribution in [0.2, 0.25) is 5.02 Å². The highest BCUT2D eigenvalue weighted by atomic mass is 35.5. The molecule has 0 spiro atoms. The number of Topliss-reactive ketones (excluding diaryl/α,β-unsaturated/α-hetero) is 1. The fraction of sp³-hybridized carbons (Fsp3) is 0.364. The molecule has 1 N–H and O–H groups in total. The predicted molar refractivity (Wildman–Crippen MR) is 116 cm³/mol. The highest BCUT2D eigenvalue weighted by Crippen LogP contribution is 2.33. The molecule has 0 radical (unpaired) electrons. The van der Waals surface area contributed by atoms with Crippen molar-refractivity contribution in [1.82, 2.24) is 5.32 Å². The van der Waals surface area contributed by atoms with Gasteiger partial charge in [0.15, 0.2) is 5.78 Å². The van der Waals surface area contributed by atoms with Crippen LogP contribution in [0.3, 0.4) is 0 Å². The number of nitrogens with one attached hydrogen (secondary N) is 1. The summed E-state index contributed by atoms with van der Waals surface area (Å²) in [6, 6.07) is 11.3. The molecule has 0 saturated carbocycles. The molecule has 1 aliphatic rings. The molecule has 3 rings (SSSR count). The second-order valence-electron chi connectivity index (χ2n) is 7.72. The lowest BCUT2D eigenvalue weighted by Gasteiger charge is -2.32. The number of halogens is 1. The number of benzene rings is 2. The van der Waals surface area contributed by atoms with Crippen LogP contribution in [0.25, 0.3) is 0 Å². The zero-order valence-electron chi connectivity index (χ0n) is 16.9. The van der Waals surface area contributed by atoms with Crippen LogP contribution in [-0.4, -0.2) is 35.7 Å². The van der Waals surface area contributed by atoms with E-state index in [1.165, 1.54) is 6.07 Å². The number of anilines is 1. The monoisotopic (exact) mass is 429 g/mol. The Balaban J connectivity index is 1.73. The molecule has 1 saturated heterocycles. The van der Waals surface area contributed by atoms with Crippen molar-refractivity contribution in [3.63, 3.8) is 0 Å². The van der Waals surface area contributed by atoms with Gasteiger partial charge in [-0.2, -0.15) is 0 Å². The van der Waals surface area contributed by atoms with Crippen LogP contribution in [0, 0.1) is 16.0 Å². The molecule has 7 nitrogen and oxygen atoms in total. The van der Waals surface area contributed by atoms with Crippen molar-refractivity contribution in [1.29, 1.82) is 0 Å². The minimum Gasteiger partial charge on any atom is -0.366 e. The van der Waals surface area contributed by atoms with E-state index < -0.39 is 4.92 Å². The van der Waals surface area contributed by atoms with E-state index in [9.17, 15) is 19.7 Å². The van der Waals surface area contributed by atoms with Crippen LogP contribution in [-0.2, 0) is 0 Å². The number of nitrogens with zero attached hydrogens (tertiary/aromatic N) is 2. The van der Waals surface area contributed by atoms with Gasteiger partial charge in [-0.1, -0.05) is 11.6 Å². The molecular formula is C22H24ClN3O4. The Hall–Kier alpha value is -2.93. The molecule has 0 aliphatic carbocycles. The van der Waals surface area contributed by atoms with Crippen molar-refractivity contribution in [2.45, 2.75) is 32.7 Å². The molecule has 1 aliphatic heterocycles. The fourth-order valence-corrected chi connectivity index (χ4v) is 3.78. The van der Waals surface area contributed by atoms with E-state index in [1.807, 2.05) is 18.7 Å². The van der Waals surface area contributed by atoms with Crippen LogP contribution >= 0.6 is 11.6 Å². The third-order valence-corrected chi connectivity index (χ3v) is 5.44. The number of nitro benzene ring substituents is 1. The third kappa shape index (κ3) is 4.97. The second-order valence-corrected chi connectivity index (χ2v) is 8.16. The number of ketones is 1. The lowest BCUT2D eigenvalue weighted by Crippen LogP contribution is -2.37. The van der Waals surface area contributed by atoms with E-state index in [2.05, 4.69) is 5.32 Å². The number of amides is 1. The maximum absolute atomic E-state index is 12.7. The number of carbonyl (C=O) groups excluding carboxylic acids is 2. The van der Waals surface area contributed by atoms with Crippen LogP contribution in [0.5, 0.6) is 0 Å². The summed E-state index contributed by atoms with van der Waals surface area (Å²) < 4.78 is 0. The quantitative estimate of drug-likeness (QED) is 0.415. The number of rotatable bonds is 6. The summed E-state index contributed by atoms with van der Waals surface area (Å²) >= 11 is 5.89. The summed E-state index contributed by atoms with van der Waals surface area (Å²) in [6.45, 7) is 4.72. The van der Waals surface area contributed by atoms with Crippen molar-refractivity contribution in [2.24, 2.45) is 5.92 Å². The van der Waals surface area contributed by atoms with Crippen molar-refractivity contribution in [3.8, 4) is 0 Å². The maximum atomic E-state index is 12.7. The standard InChI is InChI=1S/C22H24ClN3O4/c1-14(2)24-22(28)17-5-8-19(20(13-17)26(29)30)25-11-9-16(10-12-25)21(27)15-3-6-18(23)7-4-15/h3-8,13-14,16H,9-12H2,1-2H3,(H,24,28). The molecule has 8 heteroatoms. The summed E-state index contributed by atoms with van der Waals surface area (Å²) in [5, 5.41) is 15.0. The van der Waals surface area contributed by atoms with Crippen LogP contribution in [0.1, 0.15) is 47.4 Å². The highest BCUT2D eigenvalue weighted by molar-refractivity contribution is 6.30. The van der Waals surface area contributed by atoms with Gasteiger partial charge >= 0.3 is 0 Å². The summed E-state index contributed by atoms with van der Waals surface area (Å²) in [5.74, 6) is -0.397. The van der Waals surface area contributed by atoms with Gasteiger partial charge in [0.1, 0.15) is 5.69 Å². The maximum Gasteiger partial charge on any atom is 0.293 e. The Bertz CT molecular complexity index is 951. The van der Waals surface area contributed by atoms with Gasteiger partial charge in [-0.05, 0) is 63.1 Å². The number of hydrogen-bond acceptors (Lipinski definition) is 5. The topological polar surface area (TPSA) is 92.6 Å². The van der Waals surface area contributed by atoms with E-state index in [1.54, 1.807) is 36.4 Å². The minimum atomic E-state index is -0.466.